The number of benzene rings is 2. The molecule has 1 N–H and O–H groups in total. The zero-order valence-electron chi connectivity index (χ0n) is 19.9. The first-order valence-corrected chi connectivity index (χ1v) is 12.2. The van der Waals surface area contributed by atoms with E-state index in [4.69, 9.17) is 27.9 Å². The SMILES string of the molecule is COCc1nn(-c2c(Cl)cccc2Cl)c(=O)c2cnc(Nc3ccc(N4CCN(C)CC4)cc3)nc12. The molecule has 1 aliphatic heterocycles. The molecule has 3 heterocycles. The van der Waals surface area contributed by atoms with E-state index in [1.165, 1.54) is 16.6 Å². The molecule has 36 heavy (non-hydrogen) atoms. The van der Waals surface area contributed by atoms with E-state index in [2.05, 4.69) is 49.4 Å². The lowest BCUT2D eigenvalue weighted by molar-refractivity contribution is 0.181. The van der Waals surface area contributed by atoms with Crippen LogP contribution in [-0.4, -0.2) is 65.0 Å². The van der Waals surface area contributed by atoms with E-state index in [0.717, 1.165) is 31.9 Å². The number of likely N-dealkylation sites (N-methyl/N-ethyl adjacent to an activating group) is 1. The first-order chi connectivity index (χ1) is 17.4. The van der Waals surface area contributed by atoms with Crippen molar-refractivity contribution in [3.05, 3.63) is 74.8 Å². The Hall–Kier alpha value is -3.24. The number of fused-ring (bicyclic) bond motifs is 1. The van der Waals surface area contributed by atoms with Crippen LogP contribution in [0.4, 0.5) is 17.3 Å². The number of aromatic nitrogens is 4. The molecular weight excluding hydrogens is 501 g/mol. The summed E-state index contributed by atoms with van der Waals surface area (Å²) >= 11 is 12.7. The van der Waals surface area contributed by atoms with E-state index in [1.54, 1.807) is 25.3 Å². The second-order valence-electron chi connectivity index (χ2n) is 8.59. The van der Waals surface area contributed by atoms with Gasteiger partial charge in [0.1, 0.15) is 16.9 Å². The molecular formula is C25H25Cl2N7O2. The highest BCUT2D eigenvalue weighted by Crippen LogP contribution is 2.28. The van der Waals surface area contributed by atoms with Gasteiger partial charge < -0.3 is 19.9 Å². The number of nitrogens with one attached hydrogen (secondary N) is 1. The highest BCUT2D eigenvalue weighted by molar-refractivity contribution is 6.37. The van der Waals surface area contributed by atoms with Gasteiger partial charge in [-0.2, -0.15) is 9.78 Å². The maximum absolute atomic E-state index is 13.3. The lowest BCUT2D eigenvalue weighted by Crippen LogP contribution is -2.44. The molecule has 0 unspecified atom stereocenters. The van der Waals surface area contributed by atoms with Gasteiger partial charge >= 0.3 is 0 Å². The van der Waals surface area contributed by atoms with Crippen LogP contribution in [0.5, 0.6) is 0 Å². The molecule has 0 radical (unpaired) electrons. The van der Waals surface area contributed by atoms with Gasteiger partial charge in [0.2, 0.25) is 5.95 Å². The second-order valence-corrected chi connectivity index (χ2v) is 9.40. The molecule has 2 aromatic heterocycles. The third kappa shape index (κ3) is 4.87. The Bertz CT molecular complexity index is 1430. The van der Waals surface area contributed by atoms with Crippen LogP contribution in [0, 0.1) is 0 Å². The highest BCUT2D eigenvalue weighted by atomic mass is 35.5. The normalized spacial score (nSPS) is 14.4. The summed E-state index contributed by atoms with van der Waals surface area (Å²) in [7, 11) is 3.69. The van der Waals surface area contributed by atoms with Crippen molar-refractivity contribution >= 4 is 51.4 Å². The molecule has 5 rings (SSSR count). The van der Waals surface area contributed by atoms with Crippen LogP contribution in [0.3, 0.4) is 0 Å². The quantitative estimate of drug-likeness (QED) is 0.402. The fourth-order valence-electron chi connectivity index (χ4n) is 4.17. The predicted octanol–water partition coefficient (Wildman–Crippen LogP) is 4.12. The molecule has 1 saturated heterocycles. The lowest BCUT2D eigenvalue weighted by Gasteiger charge is -2.34. The molecule has 1 fully saturated rings. The highest BCUT2D eigenvalue weighted by Gasteiger charge is 2.18. The monoisotopic (exact) mass is 525 g/mol. The van der Waals surface area contributed by atoms with Gasteiger partial charge in [-0.25, -0.2) is 9.97 Å². The number of rotatable bonds is 6. The van der Waals surface area contributed by atoms with E-state index in [0.29, 0.717) is 32.9 Å². The third-order valence-electron chi connectivity index (χ3n) is 6.13. The van der Waals surface area contributed by atoms with Gasteiger partial charge in [-0.3, -0.25) is 4.79 Å². The average Bonchev–Trinajstić information content (AvgIpc) is 2.87. The van der Waals surface area contributed by atoms with Crippen molar-refractivity contribution < 1.29 is 4.74 Å². The van der Waals surface area contributed by atoms with Gasteiger partial charge in [0.25, 0.3) is 5.56 Å². The van der Waals surface area contributed by atoms with Crippen molar-refractivity contribution in [3.8, 4) is 5.69 Å². The molecule has 2 aromatic carbocycles. The number of halogens is 2. The van der Waals surface area contributed by atoms with Gasteiger partial charge in [-0.1, -0.05) is 29.3 Å². The number of para-hydroxylation sites is 1. The smallest absolute Gasteiger partial charge is 0.282 e. The van der Waals surface area contributed by atoms with Gasteiger partial charge in [-0.05, 0) is 43.4 Å². The average molecular weight is 526 g/mol. The molecule has 11 heteroatoms. The van der Waals surface area contributed by atoms with Gasteiger partial charge in [0.05, 0.1) is 22.0 Å². The molecule has 0 spiro atoms. The van der Waals surface area contributed by atoms with Crippen LogP contribution >= 0.6 is 23.2 Å². The van der Waals surface area contributed by atoms with Crippen LogP contribution in [0.2, 0.25) is 10.0 Å². The van der Waals surface area contributed by atoms with Crippen LogP contribution in [0.25, 0.3) is 16.6 Å². The van der Waals surface area contributed by atoms with Crippen molar-refractivity contribution in [2.45, 2.75) is 6.61 Å². The zero-order chi connectivity index (χ0) is 25.2. The molecule has 4 aromatic rings. The molecule has 0 atom stereocenters. The molecule has 186 valence electrons. The Morgan fingerprint density at radius 3 is 2.39 bits per heavy atom. The fraction of sp³-hybridized carbons (Fsp3) is 0.280. The van der Waals surface area contributed by atoms with E-state index in [-0.39, 0.29) is 12.0 Å². The summed E-state index contributed by atoms with van der Waals surface area (Å²) < 4.78 is 6.51. The first kappa shape index (κ1) is 24.5. The van der Waals surface area contributed by atoms with Crippen molar-refractivity contribution in [1.29, 1.82) is 0 Å². The number of hydrogen-bond donors (Lipinski definition) is 1. The number of hydrogen-bond acceptors (Lipinski definition) is 8. The molecule has 9 nitrogen and oxygen atoms in total. The predicted molar refractivity (Wildman–Crippen MR) is 143 cm³/mol. The Kier molecular flexibility index (Phi) is 7.06. The summed E-state index contributed by atoms with van der Waals surface area (Å²) in [5.41, 5.74) is 2.74. The Balaban J connectivity index is 1.47. The number of ether oxygens (including phenoxy) is 1. The van der Waals surface area contributed by atoms with Crippen LogP contribution in [0.1, 0.15) is 5.69 Å². The van der Waals surface area contributed by atoms with Crippen molar-refractivity contribution in [2.24, 2.45) is 0 Å². The number of anilines is 3. The molecule has 0 saturated carbocycles. The first-order valence-electron chi connectivity index (χ1n) is 11.5. The lowest BCUT2D eigenvalue weighted by atomic mass is 10.2. The summed E-state index contributed by atoms with van der Waals surface area (Å²) in [6.07, 6.45) is 1.48. The van der Waals surface area contributed by atoms with Gasteiger partial charge in [0.15, 0.2) is 0 Å². The molecule has 0 amide bonds. The molecule has 0 bridgehead atoms. The van der Waals surface area contributed by atoms with E-state index >= 15 is 0 Å². The summed E-state index contributed by atoms with van der Waals surface area (Å²) in [5.74, 6) is 0.349. The van der Waals surface area contributed by atoms with Crippen molar-refractivity contribution in [1.82, 2.24) is 24.6 Å². The molecule has 1 aliphatic rings. The second kappa shape index (κ2) is 10.4. The van der Waals surface area contributed by atoms with E-state index in [9.17, 15) is 4.79 Å². The van der Waals surface area contributed by atoms with Crippen LogP contribution in [-0.2, 0) is 11.3 Å². The summed E-state index contributed by atoms with van der Waals surface area (Å²) in [5, 5.41) is 8.59. The number of piperazine rings is 1. The number of methoxy groups -OCH3 is 1. The van der Waals surface area contributed by atoms with E-state index in [1.807, 2.05) is 12.1 Å². The minimum atomic E-state index is -0.428. The molecule has 0 aliphatic carbocycles. The minimum absolute atomic E-state index is 0.134. The van der Waals surface area contributed by atoms with Crippen molar-refractivity contribution in [3.63, 3.8) is 0 Å². The minimum Gasteiger partial charge on any atom is -0.378 e. The maximum Gasteiger partial charge on any atom is 0.282 e. The third-order valence-corrected chi connectivity index (χ3v) is 6.74. The Morgan fingerprint density at radius 2 is 1.72 bits per heavy atom. The standard InChI is InChI=1S/C25H25Cl2N7O2/c1-32-10-12-33(13-11-32)17-8-6-16(7-9-17)29-25-28-14-18-22(30-25)21(15-36-2)31-34(24(18)35)23-19(26)4-3-5-20(23)27/h3-9,14H,10-13,15H2,1-2H3,(H,28,29,30). The summed E-state index contributed by atoms with van der Waals surface area (Å²) in [6, 6.07) is 13.2. The summed E-state index contributed by atoms with van der Waals surface area (Å²) in [6.45, 7) is 4.24. The zero-order valence-corrected chi connectivity index (χ0v) is 21.4. The van der Waals surface area contributed by atoms with Gasteiger partial charge in [-0.15, -0.1) is 0 Å². The topological polar surface area (TPSA) is 88.4 Å². The Labute approximate surface area is 218 Å². The van der Waals surface area contributed by atoms with Crippen LogP contribution < -0.4 is 15.8 Å². The van der Waals surface area contributed by atoms with Crippen LogP contribution in [0.15, 0.2) is 53.5 Å². The van der Waals surface area contributed by atoms with Gasteiger partial charge in [0, 0.05) is 50.9 Å². The van der Waals surface area contributed by atoms with E-state index < -0.39 is 5.56 Å². The fourth-order valence-corrected chi connectivity index (χ4v) is 4.73. The largest absolute Gasteiger partial charge is 0.378 e. The maximum atomic E-state index is 13.3. The summed E-state index contributed by atoms with van der Waals surface area (Å²) in [4.78, 5) is 27.0. The van der Waals surface area contributed by atoms with Crippen molar-refractivity contribution in [2.75, 3.05) is 50.6 Å². The number of nitrogens with zero attached hydrogens (tertiary/aromatic N) is 6. The Morgan fingerprint density at radius 1 is 1.03 bits per heavy atom.